The normalized spacial score (nSPS) is 22.2. The molecule has 0 radical (unpaired) electrons. The molecule has 0 aromatic carbocycles. The van der Waals surface area contributed by atoms with Crippen molar-refractivity contribution in [3.8, 4) is 0 Å². The van der Waals surface area contributed by atoms with Crippen molar-refractivity contribution in [3.05, 3.63) is 0 Å². The van der Waals surface area contributed by atoms with E-state index in [0.29, 0.717) is 84.0 Å². The Morgan fingerprint density at radius 3 is 0.967 bits per heavy atom. The van der Waals surface area contributed by atoms with Gasteiger partial charge in [0.25, 0.3) is 0 Å². The van der Waals surface area contributed by atoms with Crippen LogP contribution < -0.4 is 70.0 Å². The van der Waals surface area contributed by atoms with E-state index in [1.807, 2.05) is 41.5 Å². The maximum absolute atomic E-state index is 12.3. The Hall–Kier alpha value is -7.08. The maximum Gasteiger partial charge on any atom is 0.303 e. The number of ether oxygens (including phenoxy) is 9. The van der Waals surface area contributed by atoms with Gasteiger partial charge >= 0.3 is 5.97 Å². The smallest absolute Gasteiger partial charge is 0.303 e. The molecule has 23 N–H and O–H groups in total. The Kier molecular flexibility index (Phi) is 68.6. The van der Waals surface area contributed by atoms with Gasteiger partial charge in [-0.05, 0) is 112 Å². The number of unbranched alkanes of at least 4 members (excludes halogenated alkanes) is 11. The topological polar surface area (TPSA) is 634 Å². The van der Waals surface area contributed by atoms with Crippen molar-refractivity contribution in [3.63, 3.8) is 0 Å². The molecule has 0 aromatic rings. The highest BCUT2D eigenvalue weighted by molar-refractivity contribution is 5.98. The first-order valence-corrected chi connectivity index (χ1v) is 40.6. The molecule has 0 saturated carbocycles. The van der Waals surface area contributed by atoms with Gasteiger partial charge in [-0.2, -0.15) is 0 Å². The van der Waals surface area contributed by atoms with Crippen molar-refractivity contribution in [2.24, 2.45) is 11.5 Å². The molecule has 3 rings (SSSR count). The first kappa shape index (κ1) is 117. The summed E-state index contributed by atoms with van der Waals surface area (Å²) in [6, 6.07) is -3.03. The summed E-state index contributed by atoms with van der Waals surface area (Å²) in [7, 11) is 0. The second-order valence-electron chi connectivity index (χ2n) is 29.1. The van der Waals surface area contributed by atoms with E-state index in [-0.39, 0.29) is 168 Å². The molecular formula is C78H151N13O29. The third-order valence-corrected chi connectivity index (χ3v) is 17.7. The summed E-state index contributed by atoms with van der Waals surface area (Å²) in [4.78, 5) is 140. The van der Waals surface area contributed by atoms with Crippen LogP contribution in [-0.2, 0) is 100 Å². The molecule has 0 bridgehead atoms. The fourth-order valence-electron chi connectivity index (χ4n) is 11.3. The van der Waals surface area contributed by atoms with E-state index in [2.05, 4.69) is 58.5 Å². The third-order valence-electron chi connectivity index (χ3n) is 17.7. The molecule has 15 atom stereocenters. The number of hydrogen-bond acceptors (Lipinski definition) is 30. The molecule has 120 heavy (non-hydrogen) atoms. The van der Waals surface area contributed by atoms with Gasteiger partial charge in [-0.1, -0.05) is 60.8 Å². The number of rotatable bonds is 58. The number of carbonyl (C=O) groups excluding carboxylic acids is 11. The molecular weight excluding hydrogens is 1580 g/mol. The van der Waals surface area contributed by atoms with Gasteiger partial charge in [-0.3, -0.25) is 57.5 Å². The van der Waals surface area contributed by atoms with E-state index in [1.165, 1.54) is 13.8 Å². The molecule has 0 aliphatic carbocycles. The lowest BCUT2D eigenvalue weighted by molar-refractivity contribution is -0.270. The number of nitrogens with two attached hydrogens (primary N) is 2. The number of carbonyl (C=O) groups is 12. The molecule has 0 spiro atoms. The Labute approximate surface area is 707 Å². The van der Waals surface area contributed by atoms with Gasteiger partial charge in [0.05, 0.1) is 24.9 Å². The first-order valence-electron chi connectivity index (χ1n) is 40.6. The van der Waals surface area contributed by atoms with Crippen LogP contribution in [0.4, 0.5) is 0 Å². The largest absolute Gasteiger partial charge is 0.481 e. The van der Waals surface area contributed by atoms with Gasteiger partial charge < -0.3 is 153 Å². The van der Waals surface area contributed by atoms with Crippen molar-refractivity contribution < 1.29 is 141 Å². The van der Waals surface area contributed by atoms with Crippen LogP contribution >= 0.6 is 0 Å². The minimum absolute atomic E-state index is 0. The fraction of sp³-hybridized carbons (Fsp3) is 0.846. The number of aliphatic carboxylic acids is 1. The van der Waals surface area contributed by atoms with E-state index in [9.17, 15) is 93.3 Å². The van der Waals surface area contributed by atoms with Crippen LogP contribution in [-0.4, -0.2) is 314 Å². The number of carboxylic acids is 1. The van der Waals surface area contributed by atoms with Gasteiger partial charge in [0.1, 0.15) is 113 Å². The molecule has 3 heterocycles. The lowest BCUT2D eigenvalue weighted by atomic mass is 9.96. The summed E-state index contributed by atoms with van der Waals surface area (Å²) in [5.74, 6) is -5.05. The minimum Gasteiger partial charge on any atom is -0.481 e. The maximum atomic E-state index is 12.3. The lowest BCUT2D eigenvalue weighted by Gasteiger charge is -2.42. The molecule has 0 aromatic heterocycles. The van der Waals surface area contributed by atoms with Crippen LogP contribution in [0.25, 0.3) is 0 Å². The number of aliphatic hydroxyl groups excluding tert-OH is 7. The van der Waals surface area contributed by atoms with E-state index >= 15 is 0 Å². The number of nitrogens with one attached hydrogen (secondary N) is 11. The zero-order chi connectivity index (χ0) is 87.6. The fourth-order valence-corrected chi connectivity index (χ4v) is 11.3. The second kappa shape index (κ2) is 70.3. The molecule has 702 valence electrons. The zero-order valence-electron chi connectivity index (χ0n) is 69.4. The molecule has 15 unspecified atom stereocenters. The van der Waals surface area contributed by atoms with Crippen LogP contribution in [0.3, 0.4) is 0 Å². The predicted octanol–water partition coefficient (Wildman–Crippen LogP) is -2.20. The van der Waals surface area contributed by atoms with Crippen LogP contribution in [0.1, 0.15) is 225 Å². The van der Waals surface area contributed by atoms with E-state index < -0.39 is 140 Å². The molecule has 3 aliphatic heterocycles. The zero-order valence-corrected chi connectivity index (χ0v) is 69.4. The monoisotopic (exact) mass is 1730 g/mol. The highest BCUT2D eigenvalue weighted by atomic mass is 16.7. The first-order chi connectivity index (χ1) is 55.6. The SMILES string of the molecule is C.C.C.CC(=O)NC1C(OCCCCCCNC(=O)CC(=O)NCOC(C)C)OC(CNC(=O)CCCCN)C(O)C1O.CC(=O)NC1C(OCCCCCCNC(=O)CC(=O)NCOC(C)C)OC(CNC(=O)CCN)C(O)C1O.CC(C)OCNC(=O)CC(=O)NCCCCCCOC1OC(CO)C(O)C(O)C1NC(=O)CCCCC(=O)O. The number of amides is 11. The molecule has 42 nitrogen and oxygen atoms in total. The standard InChI is InChI=1S/C26H49N5O9.C25H45N3O11.C24H45N5O9.3CH4/c1-17(2)39-16-30-22(35)14-21(34)28-12-8-4-5-9-13-38-26-23(31-18(3)32)25(37)24(36)19(40-26)15-29-20(33)10-6-7-11-27;1-16(2)38-15-27-20(32)13-19(31)26-11-7-3-4-8-12-37-25-22(24(36)23(35)17(14-29)39-25)28-18(30)9-5-6-10-21(33)34;1-15(2)37-14-28-20(33)12-19(32)26-10-6-4-5-7-11-36-24-21(29-16(3)30)23(35)22(34)17(38-24)13-27-18(31)8-9-25;;;/h17,19,23-26,36-37H,4-16,27H2,1-3H3,(H,28,34)(H,29,33)(H,30,35)(H,31,32);16-17,22-25,29,35-36H,3-15H2,1-2H3,(H,26,31)(H,27,32)(H,28,30)(H,33,34);15,17,21-24,34-35H,4-14,25H2,1-3H3,(H,26,32)(H,27,31)(H,28,33)(H,29,30);3*1H4. The van der Waals surface area contributed by atoms with Gasteiger partial charge in [0.2, 0.25) is 65.0 Å². The highest BCUT2D eigenvalue weighted by Crippen LogP contribution is 2.26. The predicted molar refractivity (Wildman–Crippen MR) is 439 cm³/mol. The van der Waals surface area contributed by atoms with Gasteiger partial charge in [0, 0.05) is 98.6 Å². The molecule has 3 fully saturated rings. The molecule has 11 amide bonds. The van der Waals surface area contributed by atoms with Crippen LogP contribution in [0.2, 0.25) is 0 Å². The number of carboxylic acid groups (broad SMARTS) is 1. The minimum atomic E-state index is -1.43. The van der Waals surface area contributed by atoms with E-state index in [1.54, 1.807) is 0 Å². The summed E-state index contributed by atoms with van der Waals surface area (Å²) >= 11 is 0. The second-order valence-corrected chi connectivity index (χ2v) is 29.1. The highest BCUT2D eigenvalue weighted by Gasteiger charge is 2.48. The summed E-state index contributed by atoms with van der Waals surface area (Å²) in [5.41, 5.74) is 10.8. The van der Waals surface area contributed by atoms with E-state index in [4.69, 9.17) is 59.2 Å². The van der Waals surface area contributed by atoms with E-state index in [0.717, 1.165) is 51.4 Å². The summed E-state index contributed by atoms with van der Waals surface area (Å²) in [6.07, 6.45) is -3.97. The van der Waals surface area contributed by atoms with Gasteiger partial charge in [0.15, 0.2) is 18.9 Å². The quantitative estimate of drug-likeness (QED) is 0.0174. The summed E-state index contributed by atoms with van der Waals surface area (Å²) in [6.45, 7) is 15.9. The number of aliphatic hydroxyl groups is 7. The van der Waals surface area contributed by atoms with Crippen molar-refractivity contribution >= 4 is 70.9 Å². The van der Waals surface area contributed by atoms with Crippen LogP contribution in [0.5, 0.6) is 0 Å². The van der Waals surface area contributed by atoms with Crippen molar-refractivity contribution in [1.82, 2.24) is 58.5 Å². The van der Waals surface area contributed by atoms with Crippen molar-refractivity contribution in [2.45, 2.75) is 336 Å². The average Bonchev–Trinajstić information content (AvgIpc) is 0.821. The van der Waals surface area contributed by atoms with Crippen molar-refractivity contribution in [2.75, 3.05) is 92.4 Å². The Morgan fingerprint density at radius 1 is 0.342 bits per heavy atom. The van der Waals surface area contributed by atoms with Crippen LogP contribution in [0.15, 0.2) is 0 Å². The summed E-state index contributed by atoms with van der Waals surface area (Å²) in [5, 5.41) is 109. The summed E-state index contributed by atoms with van der Waals surface area (Å²) < 4.78 is 50.1. The third kappa shape index (κ3) is 55.8. The Bertz CT molecular complexity index is 2850. The Balaban J connectivity index is -0.00000169. The lowest BCUT2D eigenvalue weighted by Crippen LogP contribution is -2.65. The van der Waals surface area contributed by atoms with Crippen LogP contribution in [0, 0.1) is 0 Å². The molecule has 3 aliphatic rings. The van der Waals surface area contributed by atoms with Crippen molar-refractivity contribution in [1.29, 1.82) is 0 Å². The number of hydrogen-bond donors (Lipinski definition) is 21. The van der Waals surface area contributed by atoms with Gasteiger partial charge in [-0.25, -0.2) is 0 Å². The average molecular weight is 1740 g/mol. The van der Waals surface area contributed by atoms with Gasteiger partial charge in [-0.15, -0.1) is 0 Å². The molecule has 42 heteroatoms. The Morgan fingerprint density at radius 2 is 0.642 bits per heavy atom. The molecule has 3 saturated heterocycles.